The van der Waals surface area contributed by atoms with Gasteiger partial charge in [0.2, 0.25) is 17.7 Å². The van der Waals surface area contributed by atoms with Gasteiger partial charge in [0, 0.05) is 13.1 Å². The Bertz CT molecular complexity index is 957. The standard InChI is InChI=1S/C30H48N4O5/c1-7-10-12-13-14-19-34(28(37)24(21-25(31)35)33-29(38)39-30(4,5)6)26(27(36)32-18-11-8-2)23-17-15-16-22(9-3)20-23/h9,15-17,20,24,26H,3,7-8,10-14,18-19,21H2,1-2,4-6H3,(H2,31,35)(H,32,36)(H,33,38). The van der Waals surface area contributed by atoms with Crippen LogP contribution in [-0.4, -0.2) is 53.4 Å². The summed E-state index contributed by atoms with van der Waals surface area (Å²) in [4.78, 5) is 53.7. The van der Waals surface area contributed by atoms with E-state index in [0.717, 1.165) is 44.1 Å². The zero-order chi connectivity index (χ0) is 29.4. The van der Waals surface area contributed by atoms with E-state index in [2.05, 4.69) is 24.1 Å². The predicted octanol–water partition coefficient (Wildman–Crippen LogP) is 4.85. The lowest BCUT2D eigenvalue weighted by atomic mass is 9.99. The number of amides is 4. The molecule has 1 aromatic rings. The van der Waals surface area contributed by atoms with Gasteiger partial charge in [0.1, 0.15) is 17.7 Å². The van der Waals surface area contributed by atoms with Crippen LogP contribution >= 0.6 is 0 Å². The van der Waals surface area contributed by atoms with E-state index >= 15 is 0 Å². The molecule has 2 atom stereocenters. The van der Waals surface area contributed by atoms with Crippen molar-refractivity contribution in [3.05, 3.63) is 42.0 Å². The number of nitrogens with two attached hydrogens (primary N) is 1. The van der Waals surface area contributed by atoms with Crippen LogP contribution in [0.1, 0.15) is 103 Å². The number of nitrogens with one attached hydrogen (secondary N) is 2. The fraction of sp³-hybridized carbons (Fsp3) is 0.600. The molecular formula is C30H48N4O5. The van der Waals surface area contributed by atoms with Crippen LogP contribution in [0.25, 0.3) is 6.08 Å². The number of carbonyl (C=O) groups is 4. The first kappa shape index (κ1) is 33.7. The first-order valence-electron chi connectivity index (χ1n) is 14.0. The van der Waals surface area contributed by atoms with E-state index in [1.807, 2.05) is 25.1 Å². The number of alkyl carbamates (subject to hydrolysis) is 1. The van der Waals surface area contributed by atoms with Gasteiger partial charge in [-0.1, -0.05) is 76.8 Å². The molecule has 0 spiro atoms. The summed E-state index contributed by atoms with van der Waals surface area (Å²) in [6.45, 7) is 13.8. The minimum Gasteiger partial charge on any atom is -0.444 e. The number of carbonyl (C=O) groups excluding carboxylic acids is 4. The van der Waals surface area contributed by atoms with Gasteiger partial charge in [-0.15, -0.1) is 0 Å². The second-order valence-electron chi connectivity index (χ2n) is 10.7. The van der Waals surface area contributed by atoms with Crippen LogP contribution < -0.4 is 16.4 Å². The second-order valence-corrected chi connectivity index (χ2v) is 10.7. The van der Waals surface area contributed by atoms with Gasteiger partial charge < -0.3 is 26.0 Å². The summed E-state index contributed by atoms with van der Waals surface area (Å²) < 4.78 is 5.33. The Labute approximate surface area is 233 Å². The molecule has 0 heterocycles. The van der Waals surface area contributed by atoms with Gasteiger partial charge in [-0.2, -0.15) is 0 Å². The molecule has 39 heavy (non-hydrogen) atoms. The van der Waals surface area contributed by atoms with E-state index in [1.54, 1.807) is 32.9 Å². The molecule has 0 fully saturated rings. The number of hydrogen-bond donors (Lipinski definition) is 3. The van der Waals surface area contributed by atoms with E-state index in [0.29, 0.717) is 18.5 Å². The third kappa shape index (κ3) is 12.8. The molecular weight excluding hydrogens is 496 g/mol. The molecule has 0 aliphatic heterocycles. The van der Waals surface area contributed by atoms with Gasteiger partial charge in [-0.3, -0.25) is 14.4 Å². The molecule has 9 heteroatoms. The fourth-order valence-corrected chi connectivity index (χ4v) is 4.12. The lowest BCUT2D eigenvalue weighted by Crippen LogP contribution is -2.54. The minimum atomic E-state index is -1.29. The fourth-order valence-electron chi connectivity index (χ4n) is 4.12. The minimum absolute atomic E-state index is 0.262. The molecule has 218 valence electrons. The predicted molar refractivity (Wildman–Crippen MR) is 155 cm³/mol. The number of nitrogens with zero attached hydrogens (tertiary/aromatic N) is 1. The Morgan fingerprint density at radius 1 is 1.05 bits per heavy atom. The molecule has 1 aromatic carbocycles. The number of rotatable bonds is 17. The van der Waals surface area contributed by atoms with Crippen molar-refractivity contribution in [1.82, 2.24) is 15.5 Å². The van der Waals surface area contributed by atoms with Crippen molar-refractivity contribution in [2.24, 2.45) is 5.73 Å². The molecule has 4 amide bonds. The second kappa shape index (κ2) is 17.3. The molecule has 2 unspecified atom stereocenters. The first-order valence-corrected chi connectivity index (χ1v) is 14.0. The van der Waals surface area contributed by atoms with Crippen molar-refractivity contribution in [2.45, 2.75) is 104 Å². The van der Waals surface area contributed by atoms with Gasteiger partial charge in [0.05, 0.1) is 6.42 Å². The quantitative estimate of drug-likeness (QED) is 0.241. The molecule has 1 rings (SSSR count). The summed E-state index contributed by atoms with van der Waals surface area (Å²) in [5.41, 5.74) is 6.06. The van der Waals surface area contributed by atoms with Gasteiger partial charge in [-0.05, 0) is 50.8 Å². The van der Waals surface area contributed by atoms with Crippen molar-refractivity contribution >= 4 is 29.9 Å². The van der Waals surface area contributed by atoms with E-state index in [1.165, 1.54) is 4.90 Å². The van der Waals surface area contributed by atoms with Gasteiger partial charge in [0.25, 0.3) is 0 Å². The Hall–Kier alpha value is -3.36. The Morgan fingerprint density at radius 3 is 2.31 bits per heavy atom. The van der Waals surface area contributed by atoms with Gasteiger partial charge >= 0.3 is 6.09 Å². The topological polar surface area (TPSA) is 131 Å². The number of hydrogen-bond acceptors (Lipinski definition) is 5. The summed E-state index contributed by atoms with van der Waals surface area (Å²) in [6, 6.07) is 5.01. The first-order chi connectivity index (χ1) is 18.4. The Morgan fingerprint density at radius 2 is 1.72 bits per heavy atom. The monoisotopic (exact) mass is 544 g/mol. The third-order valence-electron chi connectivity index (χ3n) is 6.03. The maximum Gasteiger partial charge on any atom is 0.408 e. The molecule has 4 N–H and O–H groups in total. The molecule has 0 radical (unpaired) electrons. The van der Waals surface area contributed by atoms with E-state index in [4.69, 9.17) is 10.5 Å². The molecule has 0 aliphatic carbocycles. The summed E-state index contributed by atoms with van der Waals surface area (Å²) in [6.07, 6.45) is 6.75. The lowest BCUT2D eigenvalue weighted by molar-refractivity contribution is -0.143. The smallest absolute Gasteiger partial charge is 0.408 e. The molecule has 0 bridgehead atoms. The van der Waals surface area contributed by atoms with Gasteiger partial charge in [-0.25, -0.2) is 4.79 Å². The number of ether oxygens (including phenoxy) is 1. The summed E-state index contributed by atoms with van der Waals surface area (Å²) >= 11 is 0. The van der Waals surface area contributed by atoms with Crippen LogP contribution in [0.2, 0.25) is 0 Å². The van der Waals surface area contributed by atoms with Crippen LogP contribution in [-0.2, 0) is 19.1 Å². The highest BCUT2D eigenvalue weighted by molar-refractivity contribution is 5.94. The molecule has 0 saturated heterocycles. The van der Waals surface area contributed by atoms with E-state index < -0.39 is 42.0 Å². The Kier molecular flexibility index (Phi) is 14.9. The van der Waals surface area contributed by atoms with Crippen LogP contribution in [0.5, 0.6) is 0 Å². The highest BCUT2D eigenvalue weighted by Gasteiger charge is 2.36. The van der Waals surface area contributed by atoms with Crippen molar-refractivity contribution in [2.75, 3.05) is 13.1 Å². The SMILES string of the molecule is C=Cc1cccc(C(C(=O)NCCCC)N(CCCCCCC)C(=O)C(CC(N)=O)NC(=O)OC(C)(C)C)c1. The lowest BCUT2D eigenvalue weighted by Gasteiger charge is -2.34. The average Bonchev–Trinajstić information content (AvgIpc) is 2.85. The maximum atomic E-state index is 14.1. The van der Waals surface area contributed by atoms with Crippen molar-refractivity contribution in [3.63, 3.8) is 0 Å². The maximum absolute atomic E-state index is 14.1. The highest BCUT2D eigenvalue weighted by atomic mass is 16.6. The van der Waals surface area contributed by atoms with Crippen molar-refractivity contribution in [3.8, 4) is 0 Å². The van der Waals surface area contributed by atoms with Crippen LogP contribution in [0, 0.1) is 0 Å². The zero-order valence-corrected chi connectivity index (χ0v) is 24.4. The Balaban J connectivity index is 3.49. The van der Waals surface area contributed by atoms with Crippen molar-refractivity contribution in [1.29, 1.82) is 0 Å². The molecule has 0 aliphatic rings. The summed E-state index contributed by atoms with van der Waals surface area (Å²) in [5.74, 6) is -1.67. The van der Waals surface area contributed by atoms with Crippen LogP contribution in [0.4, 0.5) is 4.79 Å². The molecule has 9 nitrogen and oxygen atoms in total. The third-order valence-corrected chi connectivity index (χ3v) is 6.03. The largest absolute Gasteiger partial charge is 0.444 e. The number of benzene rings is 1. The summed E-state index contributed by atoms with van der Waals surface area (Å²) in [7, 11) is 0. The number of primary amides is 1. The average molecular weight is 545 g/mol. The highest BCUT2D eigenvalue weighted by Crippen LogP contribution is 2.25. The van der Waals surface area contributed by atoms with Crippen molar-refractivity contribution < 1.29 is 23.9 Å². The normalized spacial score (nSPS) is 12.6. The summed E-state index contributed by atoms with van der Waals surface area (Å²) in [5, 5.41) is 5.47. The molecule has 0 saturated carbocycles. The van der Waals surface area contributed by atoms with Crippen LogP contribution in [0.3, 0.4) is 0 Å². The van der Waals surface area contributed by atoms with E-state index in [9.17, 15) is 19.2 Å². The van der Waals surface area contributed by atoms with Crippen LogP contribution in [0.15, 0.2) is 30.8 Å². The zero-order valence-electron chi connectivity index (χ0n) is 24.4. The van der Waals surface area contributed by atoms with E-state index in [-0.39, 0.29) is 12.5 Å². The number of unbranched alkanes of at least 4 members (excludes halogenated alkanes) is 5. The molecule has 0 aromatic heterocycles. The van der Waals surface area contributed by atoms with Gasteiger partial charge in [0.15, 0.2) is 0 Å².